The van der Waals surface area contributed by atoms with Gasteiger partial charge >= 0.3 is 5.97 Å². The second-order valence-corrected chi connectivity index (χ2v) is 7.18. The molecule has 1 amide bonds. The first-order chi connectivity index (χ1) is 15.1. The van der Waals surface area contributed by atoms with E-state index < -0.39 is 12.0 Å². The van der Waals surface area contributed by atoms with E-state index in [1.54, 1.807) is 25.1 Å². The highest BCUT2D eigenvalue weighted by Gasteiger charge is 2.35. The van der Waals surface area contributed by atoms with Crippen LogP contribution in [-0.4, -0.2) is 35.0 Å². The van der Waals surface area contributed by atoms with Crippen molar-refractivity contribution in [3.63, 3.8) is 0 Å². The van der Waals surface area contributed by atoms with Crippen LogP contribution >= 0.6 is 0 Å². The number of anilines is 1. The highest BCUT2D eigenvalue weighted by atomic mass is 16.5. The molecule has 0 aliphatic heterocycles. The average molecular weight is 418 g/mol. The van der Waals surface area contributed by atoms with E-state index in [1.165, 1.54) is 12.0 Å². The van der Waals surface area contributed by atoms with E-state index in [-0.39, 0.29) is 30.3 Å². The highest BCUT2D eigenvalue weighted by Crippen LogP contribution is 2.39. The molecule has 31 heavy (non-hydrogen) atoms. The van der Waals surface area contributed by atoms with Gasteiger partial charge in [-0.2, -0.15) is 0 Å². The number of aromatic nitrogens is 2. The first-order valence-electron chi connectivity index (χ1n) is 9.98. The molecule has 4 aromatic rings. The third-order valence-electron chi connectivity index (χ3n) is 5.44. The average Bonchev–Trinajstić information content (AvgIpc) is 3.39. The Morgan fingerprint density at radius 1 is 1.06 bits per heavy atom. The largest absolute Gasteiger partial charge is 0.467 e. The van der Waals surface area contributed by atoms with Crippen molar-refractivity contribution in [1.29, 1.82) is 0 Å². The van der Waals surface area contributed by atoms with Crippen molar-refractivity contribution in [2.45, 2.75) is 25.8 Å². The molecule has 0 aliphatic carbocycles. The molecule has 2 heterocycles. The van der Waals surface area contributed by atoms with Crippen molar-refractivity contribution < 1.29 is 14.3 Å². The van der Waals surface area contributed by atoms with Gasteiger partial charge < -0.3 is 14.7 Å². The van der Waals surface area contributed by atoms with Crippen molar-refractivity contribution >= 4 is 45.2 Å². The number of hydrogen-bond donors (Lipinski definition) is 2. The third kappa shape index (κ3) is 3.56. The van der Waals surface area contributed by atoms with Crippen molar-refractivity contribution in [1.82, 2.24) is 9.97 Å². The summed E-state index contributed by atoms with van der Waals surface area (Å²) in [6, 6.07) is 13.9. The molecule has 8 nitrogen and oxygen atoms in total. The summed E-state index contributed by atoms with van der Waals surface area (Å²) in [7, 11) is 1.28. The number of benzene rings is 2. The molecule has 0 fully saturated rings. The maximum absolute atomic E-state index is 13.1. The van der Waals surface area contributed by atoms with Gasteiger partial charge in [-0.05, 0) is 22.9 Å². The summed E-state index contributed by atoms with van der Waals surface area (Å²) in [5.74, 6) is -0.894. The van der Waals surface area contributed by atoms with Crippen molar-refractivity contribution in [2.24, 2.45) is 5.18 Å². The number of methoxy groups -OCH3 is 1. The first kappa shape index (κ1) is 20.3. The van der Waals surface area contributed by atoms with Crippen molar-refractivity contribution in [2.75, 3.05) is 12.0 Å². The highest BCUT2D eigenvalue weighted by molar-refractivity contribution is 6.10. The fourth-order valence-corrected chi connectivity index (χ4v) is 3.97. The number of amides is 1. The lowest BCUT2D eigenvalue weighted by molar-refractivity contribution is -0.143. The number of rotatable bonds is 7. The van der Waals surface area contributed by atoms with E-state index in [9.17, 15) is 14.5 Å². The summed E-state index contributed by atoms with van der Waals surface area (Å²) in [6.45, 7) is 1.71. The van der Waals surface area contributed by atoms with Gasteiger partial charge in [0.05, 0.1) is 7.11 Å². The molecule has 2 aromatic carbocycles. The number of fused-ring (bicyclic) bond motifs is 2. The van der Waals surface area contributed by atoms with Crippen LogP contribution in [-0.2, 0) is 20.7 Å². The van der Waals surface area contributed by atoms with Gasteiger partial charge in [-0.25, -0.2) is 4.79 Å². The summed E-state index contributed by atoms with van der Waals surface area (Å²) in [5.41, 5.74) is 2.72. The SMILES string of the molecule is CCC(=O)N(c1c(N=O)[nH]c2ccccc12)[C@@H](Cc1c[nH]c2ccccc12)C(=O)OC. The summed E-state index contributed by atoms with van der Waals surface area (Å²) in [5, 5.41) is 4.69. The smallest absolute Gasteiger partial charge is 0.329 e. The number of para-hydroxylation sites is 2. The quantitative estimate of drug-likeness (QED) is 0.338. The fraction of sp³-hybridized carbons (Fsp3) is 0.217. The molecule has 4 rings (SSSR count). The number of H-pyrrole nitrogens is 2. The molecule has 2 aromatic heterocycles. The number of ether oxygens (including phenoxy) is 1. The monoisotopic (exact) mass is 418 g/mol. The van der Waals surface area contributed by atoms with Crippen LogP contribution in [0.5, 0.6) is 0 Å². The Morgan fingerprint density at radius 2 is 1.74 bits per heavy atom. The predicted molar refractivity (Wildman–Crippen MR) is 119 cm³/mol. The molecular formula is C23H22N4O4. The Balaban J connectivity index is 1.89. The zero-order valence-electron chi connectivity index (χ0n) is 17.2. The molecule has 0 aliphatic rings. The van der Waals surface area contributed by atoms with E-state index in [0.29, 0.717) is 10.9 Å². The summed E-state index contributed by atoms with van der Waals surface area (Å²) in [6.07, 6.45) is 2.17. The van der Waals surface area contributed by atoms with Gasteiger partial charge in [-0.3, -0.25) is 9.69 Å². The topological polar surface area (TPSA) is 108 Å². The Morgan fingerprint density at radius 3 is 2.42 bits per heavy atom. The van der Waals surface area contributed by atoms with Gasteiger partial charge in [0.1, 0.15) is 11.7 Å². The van der Waals surface area contributed by atoms with E-state index >= 15 is 0 Å². The van der Waals surface area contributed by atoms with Gasteiger partial charge in [0, 0.05) is 40.8 Å². The molecule has 1 atom stereocenters. The molecule has 2 N–H and O–H groups in total. The lowest BCUT2D eigenvalue weighted by Crippen LogP contribution is -2.47. The van der Waals surface area contributed by atoms with Crippen LogP contribution in [0.1, 0.15) is 18.9 Å². The summed E-state index contributed by atoms with van der Waals surface area (Å²) < 4.78 is 5.07. The minimum atomic E-state index is -0.976. The van der Waals surface area contributed by atoms with Gasteiger partial charge in [-0.15, -0.1) is 4.91 Å². The van der Waals surface area contributed by atoms with Crippen LogP contribution in [0, 0.1) is 4.91 Å². The van der Waals surface area contributed by atoms with Crippen LogP contribution in [0.2, 0.25) is 0 Å². The Labute approximate surface area is 178 Å². The van der Waals surface area contributed by atoms with Gasteiger partial charge in [0.2, 0.25) is 5.91 Å². The van der Waals surface area contributed by atoms with E-state index in [1.807, 2.05) is 36.5 Å². The second kappa shape index (κ2) is 8.43. The van der Waals surface area contributed by atoms with Crippen LogP contribution in [0.25, 0.3) is 21.8 Å². The number of nitrogens with one attached hydrogen (secondary N) is 2. The fourth-order valence-electron chi connectivity index (χ4n) is 3.97. The molecule has 0 unspecified atom stereocenters. The number of hydrogen-bond acceptors (Lipinski definition) is 5. The normalized spacial score (nSPS) is 12.1. The molecule has 0 radical (unpaired) electrons. The van der Waals surface area contributed by atoms with E-state index in [0.717, 1.165) is 16.5 Å². The molecule has 0 bridgehead atoms. The standard InChI is InChI=1S/C23H22N4O4/c1-3-20(28)27(21-16-9-5-7-11-18(16)25-22(21)26-30)19(23(29)31-2)12-14-13-24-17-10-6-4-8-15(14)17/h4-11,13,19,24-25H,3,12H2,1-2H3/t19-/m0/s1. The molecule has 0 saturated carbocycles. The Bertz CT molecular complexity index is 1270. The number of carbonyl (C=O) groups excluding carboxylic acids is 2. The molecule has 0 saturated heterocycles. The van der Waals surface area contributed by atoms with E-state index in [4.69, 9.17) is 4.74 Å². The van der Waals surface area contributed by atoms with Crippen LogP contribution in [0.4, 0.5) is 11.5 Å². The third-order valence-corrected chi connectivity index (χ3v) is 5.44. The Hall–Kier alpha value is -3.94. The number of aromatic amines is 2. The summed E-state index contributed by atoms with van der Waals surface area (Å²) >= 11 is 0. The number of nitrogens with zero attached hydrogens (tertiary/aromatic N) is 2. The lowest BCUT2D eigenvalue weighted by atomic mass is 10.0. The van der Waals surface area contributed by atoms with Crippen LogP contribution in [0.3, 0.4) is 0 Å². The van der Waals surface area contributed by atoms with Crippen molar-refractivity contribution in [3.05, 3.63) is 65.2 Å². The minimum absolute atomic E-state index is 0.00386. The zero-order chi connectivity index (χ0) is 22.0. The maximum atomic E-state index is 13.1. The number of esters is 1. The van der Waals surface area contributed by atoms with Gasteiger partial charge in [-0.1, -0.05) is 43.3 Å². The van der Waals surface area contributed by atoms with E-state index in [2.05, 4.69) is 15.1 Å². The van der Waals surface area contributed by atoms with Crippen LogP contribution < -0.4 is 4.90 Å². The van der Waals surface area contributed by atoms with Gasteiger partial charge in [0.15, 0.2) is 5.82 Å². The molecule has 8 heteroatoms. The minimum Gasteiger partial charge on any atom is -0.467 e. The second-order valence-electron chi connectivity index (χ2n) is 7.18. The first-order valence-corrected chi connectivity index (χ1v) is 9.98. The van der Waals surface area contributed by atoms with Gasteiger partial charge in [0.25, 0.3) is 0 Å². The Kier molecular flexibility index (Phi) is 5.53. The number of carbonyl (C=O) groups is 2. The lowest BCUT2D eigenvalue weighted by Gasteiger charge is -2.29. The predicted octanol–water partition coefficient (Wildman–Crippen LogP) is 4.57. The maximum Gasteiger partial charge on any atom is 0.329 e. The molecular weight excluding hydrogens is 396 g/mol. The summed E-state index contributed by atoms with van der Waals surface area (Å²) in [4.78, 5) is 45.2. The molecule has 0 spiro atoms. The van der Waals surface area contributed by atoms with Crippen LogP contribution in [0.15, 0.2) is 59.9 Å². The molecule has 158 valence electrons. The number of nitroso groups, excluding NO2 is 1. The zero-order valence-corrected chi connectivity index (χ0v) is 17.2. The van der Waals surface area contributed by atoms with Crippen molar-refractivity contribution in [3.8, 4) is 0 Å².